The van der Waals surface area contributed by atoms with Gasteiger partial charge in [0, 0.05) is 11.6 Å². The predicted octanol–water partition coefficient (Wildman–Crippen LogP) is 0.468. The van der Waals surface area contributed by atoms with Crippen LogP contribution >= 0.6 is 0 Å². The number of rotatable bonds is 3. The maximum Gasteiger partial charge on any atom is 0.292 e. The highest BCUT2D eigenvalue weighted by molar-refractivity contribution is 5.94. The summed E-state index contributed by atoms with van der Waals surface area (Å²) in [5, 5.41) is 10.5. The molecule has 3 N–H and O–H groups in total. The number of carbonyl (C=O) groups is 1. The lowest BCUT2D eigenvalue weighted by Crippen LogP contribution is -2.21. The Hall–Kier alpha value is -2.15. The Bertz CT molecular complexity index is 405. The van der Waals surface area contributed by atoms with E-state index in [9.17, 15) is 14.9 Å². The van der Waals surface area contributed by atoms with Crippen molar-refractivity contribution in [2.75, 3.05) is 12.8 Å². The van der Waals surface area contributed by atoms with Gasteiger partial charge < -0.3 is 5.73 Å². The molecule has 0 heterocycles. The van der Waals surface area contributed by atoms with Crippen LogP contribution in [0.4, 0.5) is 11.4 Å². The SMILES string of the molecule is CONC(=O)c1ccc(N)c([N+](=O)[O-])c1. The minimum absolute atomic E-state index is 0.00830. The van der Waals surface area contributed by atoms with Crippen LogP contribution in [0.3, 0.4) is 0 Å². The molecule has 0 aliphatic rings. The van der Waals surface area contributed by atoms with Crippen LogP contribution in [0.25, 0.3) is 0 Å². The highest BCUT2D eigenvalue weighted by Crippen LogP contribution is 2.22. The van der Waals surface area contributed by atoms with E-state index in [0.717, 1.165) is 6.07 Å². The quantitative estimate of drug-likeness (QED) is 0.429. The van der Waals surface area contributed by atoms with Crippen molar-refractivity contribution >= 4 is 17.3 Å². The molecule has 80 valence electrons. The number of nitro groups is 1. The van der Waals surface area contributed by atoms with Crippen LogP contribution in [-0.4, -0.2) is 17.9 Å². The Balaban J connectivity index is 3.07. The number of nitrogen functional groups attached to an aromatic ring is 1. The molecule has 15 heavy (non-hydrogen) atoms. The summed E-state index contributed by atoms with van der Waals surface area (Å²) in [5.74, 6) is -0.569. The molecule has 0 bridgehead atoms. The van der Waals surface area contributed by atoms with Crippen molar-refractivity contribution < 1.29 is 14.6 Å². The Labute approximate surface area is 84.9 Å². The average molecular weight is 211 g/mol. The van der Waals surface area contributed by atoms with Crippen LogP contribution in [0.2, 0.25) is 0 Å². The number of nitrogens with zero attached hydrogens (tertiary/aromatic N) is 1. The zero-order valence-corrected chi connectivity index (χ0v) is 7.89. The van der Waals surface area contributed by atoms with E-state index in [1.165, 1.54) is 19.2 Å². The number of amides is 1. The standard InChI is InChI=1S/C8H9N3O4/c1-15-10-8(12)5-2-3-6(9)7(4-5)11(13)14/h2-4H,9H2,1H3,(H,10,12). The van der Waals surface area contributed by atoms with Crippen LogP contribution in [0.5, 0.6) is 0 Å². The van der Waals surface area contributed by atoms with Gasteiger partial charge in [-0.2, -0.15) is 0 Å². The van der Waals surface area contributed by atoms with E-state index in [2.05, 4.69) is 4.84 Å². The van der Waals surface area contributed by atoms with Gasteiger partial charge in [-0.1, -0.05) is 0 Å². The van der Waals surface area contributed by atoms with E-state index in [4.69, 9.17) is 5.73 Å². The highest BCUT2D eigenvalue weighted by atomic mass is 16.6. The minimum Gasteiger partial charge on any atom is -0.393 e. The molecule has 0 fully saturated rings. The van der Waals surface area contributed by atoms with Gasteiger partial charge in [0.2, 0.25) is 0 Å². The van der Waals surface area contributed by atoms with E-state index in [1.807, 2.05) is 5.48 Å². The summed E-state index contributed by atoms with van der Waals surface area (Å²) in [6.07, 6.45) is 0. The first-order chi connectivity index (χ1) is 7.06. The van der Waals surface area contributed by atoms with Crippen molar-refractivity contribution in [2.24, 2.45) is 0 Å². The smallest absolute Gasteiger partial charge is 0.292 e. The van der Waals surface area contributed by atoms with Crippen molar-refractivity contribution in [3.63, 3.8) is 0 Å². The number of hydrogen-bond donors (Lipinski definition) is 2. The van der Waals surface area contributed by atoms with Gasteiger partial charge in [0.25, 0.3) is 11.6 Å². The molecule has 0 aliphatic carbocycles. The van der Waals surface area contributed by atoms with E-state index in [0.29, 0.717) is 0 Å². The third-order valence-corrected chi connectivity index (χ3v) is 1.68. The second-order valence-electron chi connectivity index (χ2n) is 2.67. The molecular weight excluding hydrogens is 202 g/mol. The predicted molar refractivity (Wildman–Crippen MR) is 52.0 cm³/mol. The van der Waals surface area contributed by atoms with Crippen LogP contribution in [0.1, 0.15) is 10.4 Å². The summed E-state index contributed by atoms with van der Waals surface area (Å²) in [5.41, 5.74) is 7.22. The molecule has 0 unspecified atom stereocenters. The van der Waals surface area contributed by atoms with Gasteiger partial charge in [-0.05, 0) is 12.1 Å². The van der Waals surface area contributed by atoms with E-state index < -0.39 is 10.8 Å². The summed E-state index contributed by atoms with van der Waals surface area (Å²) in [6, 6.07) is 3.75. The van der Waals surface area contributed by atoms with E-state index in [1.54, 1.807) is 0 Å². The third-order valence-electron chi connectivity index (χ3n) is 1.68. The molecule has 1 aromatic carbocycles. The van der Waals surface area contributed by atoms with Gasteiger partial charge in [-0.15, -0.1) is 0 Å². The number of hydroxylamine groups is 1. The van der Waals surface area contributed by atoms with Crippen molar-refractivity contribution in [2.45, 2.75) is 0 Å². The van der Waals surface area contributed by atoms with Gasteiger partial charge in [0.15, 0.2) is 0 Å². The Morgan fingerprint density at radius 1 is 1.60 bits per heavy atom. The van der Waals surface area contributed by atoms with Gasteiger partial charge >= 0.3 is 0 Å². The number of benzene rings is 1. The number of anilines is 1. The summed E-state index contributed by atoms with van der Waals surface area (Å²) in [7, 11) is 1.27. The van der Waals surface area contributed by atoms with Crippen molar-refractivity contribution in [1.82, 2.24) is 5.48 Å². The molecular formula is C8H9N3O4. The zero-order valence-electron chi connectivity index (χ0n) is 7.89. The third kappa shape index (κ3) is 2.41. The van der Waals surface area contributed by atoms with Gasteiger partial charge in [0.05, 0.1) is 12.0 Å². The number of nitro benzene ring substituents is 1. The molecule has 0 radical (unpaired) electrons. The van der Waals surface area contributed by atoms with E-state index in [-0.39, 0.29) is 16.9 Å². The molecule has 7 nitrogen and oxygen atoms in total. The molecule has 0 aliphatic heterocycles. The largest absolute Gasteiger partial charge is 0.393 e. The first kappa shape index (κ1) is 10.9. The van der Waals surface area contributed by atoms with Gasteiger partial charge in [-0.25, -0.2) is 5.48 Å². The lowest BCUT2D eigenvalue weighted by Gasteiger charge is -2.02. The van der Waals surface area contributed by atoms with Crippen molar-refractivity contribution in [1.29, 1.82) is 0 Å². The maximum absolute atomic E-state index is 11.2. The lowest BCUT2D eigenvalue weighted by molar-refractivity contribution is -0.383. The second-order valence-corrected chi connectivity index (χ2v) is 2.67. The van der Waals surface area contributed by atoms with Crippen molar-refractivity contribution in [3.8, 4) is 0 Å². The fourth-order valence-electron chi connectivity index (χ4n) is 0.995. The number of nitrogens with one attached hydrogen (secondary N) is 1. The summed E-state index contributed by atoms with van der Waals surface area (Å²) in [4.78, 5) is 25.5. The summed E-state index contributed by atoms with van der Waals surface area (Å²) in [6.45, 7) is 0. The maximum atomic E-state index is 11.2. The van der Waals surface area contributed by atoms with Crippen LogP contribution in [0, 0.1) is 10.1 Å². The molecule has 0 saturated carbocycles. The lowest BCUT2D eigenvalue weighted by atomic mass is 10.1. The molecule has 1 rings (SSSR count). The topological polar surface area (TPSA) is 107 Å². The minimum atomic E-state index is -0.654. The average Bonchev–Trinajstić information content (AvgIpc) is 2.18. The monoisotopic (exact) mass is 211 g/mol. The van der Waals surface area contributed by atoms with Crippen LogP contribution in [0.15, 0.2) is 18.2 Å². The molecule has 0 aromatic heterocycles. The fourth-order valence-corrected chi connectivity index (χ4v) is 0.995. The Morgan fingerprint density at radius 3 is 2.80 bits per heavy atom. The molecule has 0 atom stereocenters. The number of hydrogen-bond acceptors (Lipinski definition) is 5. The summed E-state index contributed by atoms with van der Waals surface area (Å²) >= 11 is 0. The summed E-state index contributed by atoms with van der Waals surface area (Å²) < 4.78 is 0. The van der Waals surface area contributed by atoms with Gasteiger partial charge in [-0.3, -0.25) is 19.7 Å². The van der Waals surface area contributed by atoms with Crippen LogP contribution in [-0.2, 0) is 4.84 Å². The zero-order chi connectivity index (χ0) is 11.4. The first-order valence-corrected chi connectivity index (χ1v) is 3.93. The number of nitrogens with two attached hydrogens (primary N) is 1. The molecule has 1 aromatic rings. The fraction of sp³-hybridized carbons (Fsp3) is 0.125. The van der Waals surface area contributed by atoms with E-state index >= 15 is 0 Å². The Morgan fingerprint density at radius 2 is 2.27 bits per heavy atom. The van der Waals surface area contributed by atoms with Crippen LogP contribution < -0.4 is 11.2 Å². The normalized spacial score (nSPS) is 9.67. The molecule has 0 saturated heterocycles. The van der Waals surface area contributed by atoms with Crippen molar-refractivity contribution in [3.05, 3.63) is 33.9 Å². The molecule has 0 spiro atoms. The number of carbonyl (C=O) groups excluding carboxylic acids is 1. The molecule has 1 amide bonds. The Kier molecular flexibility index (Phi) is 3.19. The second kappa shape index (κ2) is 4.38. The highest BCUT2D eigenvalue weighted by Gasteiger charge is 2.15. The first-order valence-electron chi connectivity index (χ1n) is 3.93. The molecule has 7 heteroatoms. The van der Waals surface area contributed by atoms with Gasteiger partial charge in [0.1, 0.15) is 5.69 Å².